The fourth-order valence-corrected chi connectivity index (χ4v) is 1.10. The number of benzene rings is 1. The average molecular weight is 230 g/mol. The highest BCUT2D eigenvalue weighted by molar-refractivity contribution is 5.84. The van der Waals surface area contributed by atoms with Crippen molar-refractivity contribution in [3.63, 3.8) is 0 Å². The number of carbonyl (C=O) groups is 1. The Kier molecular flexibility index (Phi) is 2.75. The number of hydrogen-bond donors (Lipinski definition) is 1. The highest BCUT2D eigenvalue weighted by Gasteiger charge is 2.11. The first-order valence-corrected chi connectivity index (χ1v) is 4.56. The Hall–Kier alpha value is -2.81. The quantitative estimate of drug-likeness (QED) is 0.866. The molecule has 0 saturated carbocycles. The van der Waals surface area contributed by atoms with Gasteiger partial charge in [-0.2, -0.15) is 10.2 Å². The van der Waals surface area contributed by atoms with Crippen molar-refractivity contribution in [1.29, 1.82) is 5.26 Å². The summed E-state index contributed by atoms with van der Waals surface area (Å²) in [6.45, 7) is 0. The molecule has 2 rings (SSSR count). The van der Waals surface area contributed by atoms with E-state index in [1.165, 1.54) is 0 Å². The molecule has 0 atom stereocenters. The first-order chi connectivity index (χ1) is 8.19. The monoisotopic (exact) mass is 230 g/mol. The third-order valence-electron chi connectivity index (χ3n) is 1.89. The van der Waals surface area contributed by atoms with Crippen LogP contribution in [0.1, 0.15) is 16.1 Å². The normalized spacial score (nSPS) is 9.59. The first kappa shape index (κ1) is 10.7. The molecule has 1 heterocycles. The van der Waals surface area contributed by atoms with Gasteiger partial charge in [0.2, 0.25) is 0 Å². The van der Waals surface area contributed by atoms with Gasteiger partial charge in [0.1, 0.15) is 12.0 Å². The van der Waals surface area contributed by atoms with Crippen LogP contribution in [0.15, 0.2) is 34.9 Å². The second kappa shape index (κ2) is 4.37. The molecule has 0 spiro atoms. The van der Waals surface area contributed by atoms with Crippen LogP contribution in [0.25, 0.3) is 0 Å². The predicted octanol–water partition coefficient (Wildman–Crippen LogP) is 2.04. The van der Waals surface area contributed by atoms with Gasteiger partial charge in [-0.1, -0.05) is 0 Å². The summed E-state index contributed by atoms with van der Waals surface area (Å²) in [6, 6.07) is 8.21. The summed E-state index contributed by atoms with van der Waals surface area (Å²) in [6.07, 6.45) is 0.827. The predicted molar refractivity (Wildman–Crippen MR) is 54.7 cm³/mol. The summed E-state index contributed by atoms with van der Waals surface area (Å²) < 4.78 is 9.97. The highest BCUT2D eigenvalue weighted by atomic mass is 16.6. The van der Waals surface area contributed by atoms with E-state index in [9.17, 15) is 4.79 Å². The molecule has 1 N–H and O–H groups in total. The molecular weight excluding hydrogens is 224 g/mol. The van der Waals surface area contributed by atoms with Gasteiger partial charge >= 0.3 is 12.0 Å². The summed E-state index contributed by atoms with van der Waals surface area (Å²) >= 11 is 0. The molecular formula is C11H6N2O4. The zero-order valence-electron chi connectivity index (χ0n) is 8.45. The fraction of sp³-hybridized carbons (Fsp3) is 0. The van der Waals surface area contributed by atoms with Crippen LogP contribution >= 0.6 is 0 Å². The van der Waals surface area contributed by atoms with Crippen molar-refractivity contribution >= 4 is 5.97 Å². The topological polar surface area (TPSA) is 96.3 Å². The van der Waals surface area contributed by atoms with Gasteiger partial charge in [0.05, 0.1) is 11.6 Å². The summed E-state index contributed by atoms with van der Waals surface area (Å²) in [5, 5.41) is 17.2. The van der Waals surface area contributed by atoms with Crippen LogP contribution < -0.4 is 4.74 Å². The molecule has 0 amide bonds. The average Bonchev–Trinajstić information content (AvgIpc) is 2.79. The van der Waals surface area contributed by atoms with E-state index in [0.29, 0.717) is 11.3 Å². The lowest BCUT2D eigenvalue weighted by molar-refractivity contribution is 0.0690. The van der Waals surface area contributed by atoms with E-state index >= 15 is 0 Å². The van der Waals surface area contributed by atoms with Crippen LogP contribution in [0.5, 0.6) is 11.8 Å². The standard InChI is InChI=1S/C11H6N2O4/c12-5-7-1-3-8(4-2-7)17-11-13-9(6-16-11)10(14)15/h1-4,6H,(H,14,15). The molecule has 0 aliphatic rings. The number of aromatic carboxylic acids is 1. The van der Waals surface area contributed by atoms with E-state index in [4.69, 9.17) is 19.5 Å². The Balaban J connectivity index is 2.14. The largest absolute Gasteiger partial charge is 0.476 e. The van der Waals surface area contributed by atoms with Gasteiger partial charge in [0.15, 0.2) is 5.69 Å². The maximum atomic E-state index is 10.5. The third-order valence-corrected chi connectivity index (χ3v) is 1.89. The van der Waals surface area contributed by atoms with Crippen LogP contribution in [-0.2, 0) is 0 Å². The van der Waals surface area contributed by atoms with Gasteiger partial charge in [0, 0.05) is 0 Å². The van der Waals surface area contributed by atoms with Gasteiger partial charge < -0.3 is 14.3 Å². The van der Waals surface area contributed by atoms with Gasteiger partial charge in [-0.25, -0.2) is 4.79 Å². The Labute approximate surface area is 95.7 Å². The maximum absolute atomic E-state index is 10.5. The van der Waals surface area contributed by atoms with Gasteiger partial charge in [-0.3, -0.25) is 0 Å². The Morgan fingerprint density at radius 3 is 2.65 bits per heavy atom. The Morgan fingerprint density at radius 2 is 2.12 bits per heavy atom. The van der Waals surface area contributed by atoms with E-state index in [-0.39, 0.29) is 11.8 Å². The Bertz CT molecular complexity index is 580. The number of nitriles is 1. The SMILES string of the molecule is N#Cc1ccc(Oc2nc(C(=O)O)co2)cc1. The minimum absolute atomic E-state index is 0.160. The summed E-state index contributed by atoms with van der Waals surface area (Å²) in [7, 11) is 0. The van der Waals surface area contributed by atoms with Crippen LogP contribution in [0.3, 0.4) is 0 Å². The number of ether oxygens (including phenoxy) is 1. The molecule has 6 nitrogen and oxygen atoms in total. The van der Waals surface area contributed by atoms with Crippen LogP contribution in [-0.4, -0.2) is 16.1 Å². The number of nitrogens with zero attached hydrogens (tertiary/aromatic N) is 2. The molecule has 0 saturated heterocycles. The van der Waals surface area contributed by atoms with E-state index in [2.05, 4.69) is 4.98 Å². The lowest BCUT2D eigenvalue weighted by atomic mass is 10.2. The van der Waals surface area contributed by atoms with Gasteiger partial charge in [0.25, 0.3) is 0 Å². The number of hydrogen-bond acceptors (Lipinski definition) is 5. The number of oxazole rings is 1. The second-order valence-corrected chi connectivity index (χ2v) is 3.04. The second-order valence-electron chi connectivity index (χ2n) is 3.04. The van der Waals surface area contributed by atoms with Gasteiger partial charge in [-0.15, -0.1) is 0 Å². The number of carboxylic acids is 1. The van der Waals surface area contributed by atoms with Crippen molar-refractivity contribution in [3.8, 4) is 17.9 Å². The molecule has 0 fully saturated rings. The minimum atomic E-state index is -1.19. The molecule has 84 valence electrons. The zero-order chi connectivity index (χ0) is 12.3. The van der Waals surface area contributed by atoms with Crippen molar-refractivity contribution in [3.05, 3.63) is 41.8 Å². The molecule has 1 aromatic carbocycles. The van der Waals surface area contributed by atoms with E-state index in [1.807, 2.05) is 6.07 Å². The zero-order valence-corrected chi connectivity index (χ0v) is 8.45. The van der Waals surface area contributed by atoms with Crippen molar-refractivity contribution in [2.75, 3.05) is 0 Å². The van der Waals surface area contributed by atoms with E-state index in [1.54, 1.807) is 24.3 Å². The summed E-state index contributed by atoms with van der Waals surface area (Å²) in [5.41, 5.74) is 0.268. The van der Waals surface area contributed by atoms with Crippen molar-refractivity contribution < 1.29 is 19.1 Å². The smallest absolute Gasteiger partial charge is 0.399 e. The molecule has 0 radical (unpaired) electrons. The van der Waals surface area contributed by atoms with Crippen LogP contribution in [0, 0.1) is 11.3 Å². The third kappa shape index (κ3) is 2.41. The summed E-state index contributed by atoms with van der Waals surface area (Å²) in [4.78, 5) is 14.1. The molecule has 17 heavy (non-hydrogen) atoms. The minimum Gasteiger partial charge on any atom is -0.476 e. The van der Waals surface area contributed by atoms with Crippen LogP contribution in [0.2, 0.25) is 0 Å². The molecule has 6 heteroatoms. The molecule has 0 aliphatic carbocycles. The number of rotatable bonds is 3. The molecule has 0 aliphatic heterocycles. The molecule has 1 aromatic heterocycles. The van der Waals surface area contributed by atoms with Crippen molar-refractivity contribution in [1.82, 2.24) is 4.98 Å². The maximum Gasteiger partial charge on any atom is 0.399 e. The van der Waals surface area contributed by atoms with Crippen molar-refractivity contribution in [2.24, 2.45) is 0 Å². The highest BCUT2D eigenvalue weighted by Crippen LogP contribution is 2.20. The Morgan fingerprint density at radius 1 is 1.41 bits per heavy atom. The molecule has 2 aromatic rings. The van der Waals surface area contributed by atoms with Gasteiger partial charge in [-0.05, 0) is 24.3 Å². The number of aromatic nitrogens is 1. The lowest BCUT2D eigenvalue weighted by Gasteiger charge is -1.99. The van der Waals surface area contributed by atoms with Crippen molar-refractivity contribution in [2.45, 2.75) is 0 Å². The van der Waals surface area contributed by atoms with E-state index in [0.717, 1.165) is 6.26 Å². The fourth-order valence-electron chi connectivity index (χ4n) is 1.10. The first-order valence-electron chi connectivity index (χ1n) is 4.56. The van der Waals surface area contributed by atoms with Crippen LogP contribution in [0.4, 0.5) is 0 Å². The lowest BCUT2D eigenvalue weighted by Crippen LogP contribution is -1.95. The molecule has 0 bridgehead atoms. The molecule has 0 unspecified atom stereocenters. The van der Waals surface area contributed by atoms with E-state index < -0.39 is 5.97 Å². The summed E-state index contributed by atoms with van der Waals surface area (Å²) in [5.74, 6) is -0.786. The number of carboxylic acid groups (broad SMARTS) is 1.